The smallest absolute Gasteiger partial charge is 0.288 e. The lowest BCUT2D eigenvalue weighted by atomic mass is 10.0. The average Bonchev–Trinajstić information content (AvgIpc) is 2.27. The van der Waals surface area contributed by atoms with Crippen molar-refractivity contribution in [3.05, 3.63) is 47.0 Å². The van der Waals surface area contributed by atoms with Crippen LogP contribution in [-0.2, 0) is 0 Å². The van der Waals surface area contributed by atoms with Crippen molar-refractivity contribution in [1.29, 1.82) is 0 Å². The summed E-state index contributed by atoms with van der Waals surface area (Å²) in [4.78, 5) is 11.3. The highest BCUT2D eigenvalue weighted by atomic mass is 35.5. The summed E-state index contributed by atoms with van der Waals surface area (Å²) in [5.74, 6) is -1.20. The molecule has 2 rings (SSSR count). The van der Waals surface area contributed by atoms with E-state index in [0.717, 1.165) is 0 Å². The molecule has 0 bridgehead atoms. The molecule has 0 aliphatic heterocycles. The lowest BCUT2D eigenvalue weighted by Crippen LogP contribution is -2.10. The predicted molar refractivity (Wildman–Crippen MR) is 59.3 cm³/mol. The van der Waals surface area contributed by atoms with Crippen LogP contribution in [0.5, 0.6) is 0 Å². The van der Waals surface area contributed by atoms with E-state index in [9.17, 15) is 13.6 Å². The summed E-state index contributed by atoms with van der Waals surface area (Å²) in [6.07, 6.45) is -3.01. The topological polar surface area (TPSA) is 17.1 Å². The van der Waals surface area contributed by atoms with Gasteiger partial charge in [-0.05, 0) is 11.5 Å². The van der Waals surface area contributed by atoms with Crippen LogP contribution < -0.4 is 0 Å². The van der Waals surface area contributed by atoms with Gasteiger partial charge in [0.15, 0.2) is 0 Å². The first-order valence-corrected chi connectivity index (χ1v) is 4.98. The minimum atomic E-state index is -3.01. The van der Waals surface area contributed by atoms with Crippen LogP contribution in [-0.4, -0.2) is 12.2 Å². The molecule has 0 heterocycles. The highest BCUT2D eigenvalue weighted by molar-refractivity contribution is 6.37. The van der Waals surface area contributed by atoms with Gasteiger partial charge in [0.2, 0.25) is 5.78 Å². The largest absolute Gasteiger partial charge is 0.300 e. The first kappa shape index (κ1) is 11.0. The van der Waals surface area contributed by atoms with Gasteiger partial charge in [0.25, 0.3) is 0 Å². The van der Waals surface area contributed by atoms with Crippen molar-refractivity contribution in [3.8, 4) is 0 Å². The quantitative estimate of drug-likeness (QED) is 0.727. The van der Waals surface area contributed by atoms with Crippen LogP contribution in [0.25, 0.3) is 10.8 Å². The normalized spacial score (nSPS) is 11.0. The number of alkyl halides is 2. The van der Waals surface area contributed by atoms with Gasteiger partial charge in [-0.1, -0.05) is 41.9 Å². The molecule has 1 nitrogen and oxygen atoms in total. The van der Waals surface area contributed by atoms with Crippen LogP contribution in [0.2, 0.25) is 5.02 Å². The van der Waals surface area contributed by atoms with Crippen molar-refractivity contribution in [2.24, 2.45) is 0 Å². The van der Waals surface area contributed by atoms with E-state index in [0.29, 0.717) is 15.8 Å². The standard InChI is InChI=1S/C12H7ClF2O/c13-9-6-2-4-7-3-1-5-8(10(7)9)11(16)12(14)15/h1-6,12H. The van der Waals surface area contributed by atoms with E-state index in [1.54, 1.807) is 30.3 Å². The van der Waals surface area contributed by atoms with Gasteiger partial charge in [0, 0.05) is 16.0 Å². The lowest BCUT2D eigenvalue weighted by Gasteiger charge is -2.06. The molecule has 0 radical (unpaired) electrons. The molecule has 0 saturated carbocycles. The number of Topliss-reactive ketones (excluding diaryl/α,β-unsaturated/α-hetero) is 1. The zero-order valence-corrected chi connectivity index (χ0v) is 8.84. The van der Waals surface area contributed by atoms with Crippen LogP contribution >= 0.6 is 11.6 Å². The summed E-state index contributed by atoms with van der Waals surface area (Å²) in [6, 6.07) is 9.66. The zero-order chi connectivity index (χ0) is 11.7. The number of ketones is 1. The molecule has 0 atom stereocenters. The maximum atomic E-state index is 12.4. The van der Waals surface area contributed by atoms with Gasteiger partial charge < -0.3 is 0 Å². The maximum absolute atomic E-state index is 12.4. The van der Waals surface area contributed by atoms with E-state index < -0.39 is 12.2 Å². The third-order valence-electron chi connectivity index (χ3n) is 2.32. The second-order valence-corrected chi connectivity index (χ2v) is 3.72. The van der Waals surface area contributed by atoms with Crippen LogP contribution in [0.15, 0.2) is 36.4 Å². The van der Waals surface area contributed by atoms with Gasteiger partial charge in [-0.3, -0.25) is 4.79 Å². The first-order chi connectivity index (χ1) is 7.61. The highest BCUT2D eigenvalue weighted by Crippen LogP contribution is 2.28. The van der Waals surface area contributed by atoms with E-state index in [2.05, 4.69) is 0 Å². The van der Waals surface area contributed by atoms with E-state index in [1.807, 2.05) is 0 Å². The van der Waals surface area contributed by atoms with Crippen LogP contribution in [0, 0.1) is 0 Å². The number of hydrogen-bond donors (Lipinski definition) is 0. The molecule has 0 saturated heterocycles. The van der Waals surface area contributed by atoms with E-state index >= 15 is 0 Å². The van der Waals surface area contributed by atoms with Gasteiger partial charge >= 0.3 is 6.43 Å². The molecular weight excluding hydrogens is 234 g/mol. The molecule has 2 aromatic carbocycles. The molecule has 16 heavy (non-hydrogen) atoms. The van der Waals surface area contributed by atoms with Crippen molar-refractivity contribution < 1.29 is 13.6 Å². The summed E-state index contributed by atoms with van der Waals surface area (Å²) in [7, 11) is 0. The Morgan fingerprint density at radius 3 is 2.38 bits per heavy atom. The second-order valence-electron chi connectivity index (χ2n) is 3.31. The Hall–Kier alpha value is -1.48. The van der Waals surface area contributed by atoms with Gasteiger partial charge in [-0.15, -0.1) is 0 Å². The van der Waals surface area contributed by atoms with Crippen molar-refractivity contribution in [3.63, 3.8) is 0 Å². The number of benzene rings is 2. The fraction of sp³-hybridized carbons (Fsp3) is 0.0833. The van der Waals surface area contributed by atoms with Crippen LogP contribution in [0.3, 0.4) is 0 Å². The lowest BCUT2D eigenvalue weighted by molar-refractivity contribution is 0.0680. The third-order valence-corrected chi connectivity index (χ3v) is 2.63. The number of halogens is 3. The molecule has 0 fully saturated rings. The molecule has 2 aromatic rings. The Bertz CT molecular complexity index is 546. The summed E-state index contributed by atoms with van der Waals surface area (Å²) >= 11 is 5.91. The minimum absolute atomic E-state index is 0.0295. The van der Waals surface area contributed by atoms with E-state index in [1.165, 1.54) is 6.07 Å². The molecule has 0 aromatic heterocycles. The summed E-state index contributed by atoms with van der Waals surface area (Å²) in [5.41, 5.74) is -0.0295. The van der Waals surface area contributed by atoms with Gasteiger partial charge in [0.1, 0.15) is 0 Å². The Labute approximate surface area is 95.6 Å². The Morgan fingerprint density at radius 2 is 1.75 bits per heavy atom. The first-order valence-electron chi connectivity index (χ1n) is 4.61. The van der Waals surface area contributed by atoms with Crippen LogP contribution in [0.1, 0.15) is 10.4 Å². The third kappa shape index (κ3) is 1.78. The average molecular weight is 241 g/mol. The van der Waals surface area contributed by atoms with Crippen molar-refractivity contribution >= 4 is 28.2 Å². The number of carbonyl (C=O) groups is 1. The Kier molecular flexibility index (Phi) is 2.88. The molecule has 82 valence electrons. The molecule has 0 spiro atoms. The van der Waals surface area contributed by atoms with E-state index in [4.69, 9.17) is 11.6 Å². The minimum Gasteiger partial charge on any atom is -0.288 e. The fourth-order valence-corrected chi connectivity index (χ4v) is 1.90. The highest BCUT2D eigenvalue weighted by Gasteiger charge is 2.20. The summed E-state index contributed by atoms with van der Waals surface area (Å²) in [5, 5.41) is 1.37. The Morgan fingerprint density at radius 1 is 1.12 bits per heavy atom. The zero-order valence-electron chi connectivity index (χ0n) is 8.08. The molecule has 0 unspecified atom stereocenters. The molecule has 0 amide bonds. The molecule has 0 N–H and O–H groups in total. The van der Waals surface area contributed by atoms with Crippen LogP contribution in [0.4, 0.5) is 8.78 Å². The Balaban J connectivity index is 2.75. The molecule has 4 heteroatoms. The van der Waals surface area contributed by atoms with Crippen molar-refractivity contribution in [2.45, 2.75) is 6.43 Å². The van der Waals surface area contributed by atoms with Crippen molar-refractivity contribution in [2.75, 3.05) is 0 Å². The predicted octanol–water partition coefficient (Wildman–Crippen LogP) is 3.94. The number of rotatable bonds is 2. The molecular formula is C12H7ClF2O. The van der Waals surface area contributed by atoms with Crippen molar-refractivity contribution in [1.82, 2.24) is 0 Å². The second kappa shape index (κ2) is 4.18. The fourth-order valence-electron chi connectivity index (χ4n) is 1.62. The molecule has 0 aliphatic carbocycles. The SMILES string of the molecule is O=C(c1cccc2cccc(Cl)c12)C(F)F. The van der Waals surface area contributed by atoms with Gasteiger partial charge in [0.05, 0.1) is 0 Å². The monoisotopic (exact) mass is 240 g/mol. The van der Waals surface area contributed by atoms with Gasteiger partial charge in [-0.2, -0.15) is 0 Å². The summed E-state index contributed by atoms with van der Waals surface area (Å²) in [6.45, 7) is 0. The number of fused-ring (bicyclic) bond motifs is 1. The number of carbonyl (C=O) groups excluding carboxylic acids is 1. The molecule has 0 aliphatic rings. The van der Waals surface area contributed by atoms with Gasteiger partial charge in [-0.25, -0.2) is 8.78 Å². The summed E-state index contributed by atoms with van der Waals surface area (Å²) < 4.78 is 24.8. The maximum Gasteiger partial charge on any atom is 0.300 e. The number of hydrogen-bond acceptors (Lipinski definition) is 1. The van der Waals surface area contributed by atoms with E-state index in [-0.39, 0.29) is 5.56 Å².